The molecule has 1 amide bonds. The molecule has 0 spiro atoms. The van der Waals surface area contributed by atoms with Crippen molar-refractivity contribution in [2.75, 3.05) is 26.0 Å². The number of amides is 1. The SMILES string of the molecule is CNC(=O)c1cc(NCC(C)OC)ccn1. The second kappa shape index (κ2) is 6.07. The Labute approximate surface area is 95.2 Å². The number of carbonyl (C=O) groups excluding carboxylic acids is 1. The molecule has 0 aliphatic carbocycles. The van der Waals surface area contributed by atoms with Crippen LogP contribution in [0.4, 0.5) is 5.69 Å². The predicted octanol–water partition coefficient (Wildman–Crippen LogP) is 0.888. The van der Waals surface area contributed by atoms with E-state index in [-0.39, 0.29) is 12.0 Å². The number of methoxy groups -OCH3 is 1. The minimum absolute atomic E-state index is 0.122. The number of hydrogen-bond acceptors (Lipinski definition) is 4. The van der Waals surface area contributed by atoms with Gasteiger partial charge >= 0.3 is 0 Å². The van der Waals surface area contributed by atoms with Crippen molar-refractivity contribution in [3.8, 4) is 0 Å². The molecule has 1 unspecified atom stereocenters. The van der Waals surface area contributed by atoms with Gasteiger partial charge in [-0.25, -0.2) is 0 Å². The topological polar surface area (TPSA) is 63.2 Å². The van der Waals surface area contributed by atoms with Crippen molar-refractivity contribution in [3.63, 3.8) is 0 Å². The Morgan fingerprint density at radius 1 is 1.62 bits per heavy atom. The van der Waals surface area contributed by atoms with Crippen molar-refractivity contribution >= 4 is 11.6 Å². The second-order valence-electron chi connectivity index (χ2n) is 3.44. The van der Waals surface area contributed by atoms with E-state index in [2.05, 4.69) is 15.6 Å². The minimum Gasteiger partial charge on any atom is -0.382 e. The number of anilines is 1. The molecule has 88 valence electrons. The number of rotatable bonds is 5. The first-order chi connectivity index (χ1) is 7.67. The van der Waals surface area contributed by atoms with Crippen LogP contribution in [0.25, 0.3) is 0 Å². The highest BCUT2D eigenvalue weighted by atomic mass is 16.5. The maximum Gasteiger partial charge on any atom is 0.269 e. The normalized spacial score (nSPS) is 11.9. The van der Waals surface area contributed by atoms with E-state index in [4.69, 9.17) is 4.74 Å². The third-order valence-corrected chi connectivity index (χ3v) is 2.22. The molecule has 0 fully saturated rings. The monoisotopic (exact) mass is 223 g/mol. The van der Waals surface area contributed by atoms with Gasteiger partial charge in [-0.2, -0.15) is 0 Å². The van der Waals surface area contributed by atoms with E-state index in [1.807, 2.05) is 13.0 Å². The van der Waals surface area contributed by atoms with Crippen molar-refractivity contribution in [2.45, 2.75) is 13.0 Å². The van der Waals surface area contributed by atoms with E-state index in [0.29, 0.717) is 12.2 Å². The number of nitrogens with zero attached hydrogens (tertiary/aromatic N) is 1. The van der Waals surface area contributed by atoms with E-state index < -0.39 is 0 Å². The Morgan fingerprint density at radius 3 is 3.00 bits per heavy atom. The summed E-state index contributed by atoms with van der Waals surface area (Å²) in [5, 5.41) is 5.70. The Kier molecular flexibility index (Phi) is 4.72. The smallest absolute Gasteiger partial charge is 0.269 e. The maximum atomic E-state index is 11.3. The largest absolute Gasteiger partial charge is 0.382 e. The summed E-state index contributed by atoms with van der Waals surface area (Å²) in [6.45, 7) is 2.65. The van der Waals surface area contributed by atoms with Gasteiger partial charge in [0.2, 0.25) is 0 Å². The molecule has 1 atom stereocenters. The summed E-state index contributed by atoms with van der Waals surface area (Å²) < 4.78 is 5.11. The zero-order valence-electron chi connectivity index (χ0n) is 9.78. The van der Waals surface area contributed by atoms with E-state index >= 15 is 0 Å². The van der Waals surface area contributed by atoms with Crippen LogP contribution in [0.5, 0.6) is 0 Å². The van der Waals surface area contributed by atoms with E-state index in [9.17, 15) is 4.79 Å². The molecule has 5 heteroatoms. The van der Waals surface area contributed by atoms with Crippen LogP contribution < -0.4 is 10.6 Å². The summed E-state index contributed by atoms with van der Waals surface area (Å²) in [5.74, 6) is -0.191. The van der Waals surface area contributed by atoms with Gasteiger partial charge < -0.3 is 15.4 Å². The lowest BCUT2D eigenvalue weighted by Crippen LogP contribution is -2.20. The zero-order valence-corrected chi connectivity index (χ0v) is 9.78. The predicted molar refractivity (Wildman–Crippen MR) is 62.6 cm³/mol. The molecular formula is C11H17N3O2. The molecule has 1 heterocycles. The molecule has 0 radical (unpaired) electrons. The molecule has 16 heavy (non-hydrogen) atoms. The van der Waals surface area contributed by atoms with Gasteiger partial charge in [-0.05, 0) is 19.1 Å². The fraction of sp³-hybridized carbons (Fsp3) is 0.455. The number of nitrogens with one attached hydrogen (secondary N) is 2. The van der Waals surface area contributed by atoms with Gasteiger partial charge in [0.25, 0.3) is 5.91 Å². The molecule has 1 aromatic heterocycles. The van der Waals surface area contributed by atoms with Gasteiger partial charge in [0.05, 0.1) is 6.10 Å². The Bertz CT molecular complexity index is 355. The first-order valence-corrected chi connectivity index (χ1v) is 5.12. The second-order valence-corrected chi connectivity index (χ2v) is 3.44. The average Bonchev–Trinajstić information content (AvgIpc) is 2.35. The summed E-state index contributed by atoms with van der Waals surface area (Å²) in [6.07, 6.45) is 1.72. The Hall–Kier alpha value is -1.62. The zero-order chi connectivity index (χ0) is 12.0. The third-order valence-electron chi connectivity index (χ3n) is 2.22. The van der Waals surface area contributed by atoms with E-state index in [0.717, 1.165) is 5.69 Å². The van der Waals surface area contributed by atoms with Crippen molar-refractivity contribution in [3.05, 3.63) is 24.0 Å². The number of hydrogen-bond donors (Lipinski definition) is 2. The molecule has 0 aliphatic heterocycles. The number of aromatic nitrogens is 1. The van der Waals surface area contributed by atoms with E-state index in [1.165, 1.54) is 0 Å². The molecule has 1 aromatic rings. The molecule has 0 aromatic carbocycles. The van der Waals surface area contributed by atoms with Gasteiger partial charge in [-0.15, -0.1) is 0 Å². The number of carbonyl (C=O) groups is 1. The molecule has 2 N–H and O–H groups in total. The summed E-state index contributed by atoms with van der Waals surface area (Å²) in [7, 11) is 3.24. The number of ether oxygens (including phenoxy) is 1. The lowest BCUT2D eigenvalue weighted by Gasteiger charge is -2.12. The van der Waals surface area contributed by atoms with Crippen LogP contribution in [0.2, 0.25) is 0 Å². The van der Waals surface area contributed by atoms with Crippen molar-refractivity contribution < 1.29 is 9.53 Å². The van der Waals surface area contributed by atoms with Crippen molar-refractivity contribution in [2.24, 2.45) is 0 Å². The minimum atomic E-state index is -0.191. The lowest BCUT2D eigenvalue weighted by atomic mass is 10.3. The standard InChI is InChI=1S/C11H17N3O2/c1-8(16-3)7-14-9-4-5-13-10(6-9)11(15)12-2/h4-6,8H,7H2,1-3H3,(H,12,15)(H,13,14). The Balaban J connectivity index is 2.64. The summed E-state index contributed by atoms with van der Waals surface area (Å²) in [4.78, 5) is 15.3. The van der Waals surface area contributed by atoms with Gasteiger partial charge in [0.1, 0.15) is 5.69 Å². The van der Waals surface area contributed by atoms with Gasteiger partial charge in [-0.1, -0.05) is 0 Å². The highest BCUT2D eigenvalue weighted by molar-refractivity contribution is 5.92. The third kappa shape index (κ3) is 3.51. The molecule has 5 nitrogen and oxygen atoms in total. The lowest BCUT2D eigenvalue weighted by molar-refractivity contribution is 0.0958. The van der Waals surface area contributed by atoms with Crippen molar-refractivity contribution in [1.29, 1.82) is 0 Å². The van der Waals surface area contributed by atoms with Gasteiger partial charge in [-0.3, -0.25) is 9.78 Å². The molecule has 1 rings (SSSR count). The summed E-state index contributed by atoms with van der Waals surface area (Å²) in [5.41, 5.74) is 1.26. The maximum absolute atomic E-state index is 11.3. The fourth-order valence-corrected chi connectivity index (χ4v) is 1.14. The van der Waals surface area contributed by atoms with Gasteiger partial charge in [0, 0.05) is 32.6 Å². The first-order valence-electron chi connectivity index (χ1n) is 5.12. The molecule has 0 bridgehead atoms. The Morgan fingerprint density at radius 2 is 2.38 bits per heavy atom. The van der Waals surface area contributed by atoms with Crippen LogP contribution in [0.15, 0.2) is 18.3 Å². The summed E-state index contributed by atoms with van der Waals surface area (Å²) >= 11 is 0. The molecule has 0 saturated carbocycles. The fourth-order valence-electron chi connectivity index (χ4n) is 1.14. The summed E-state index contributed by atoms with van der Waals surface area (Å²) in [6, 6.07) is 3.52. The highest BCUT2D eigenvalue weighted by Crippen LogP contribution is 2.08. The van der Waals surface area contributed by atoms with Crippen LogP contribution in [-0.2, 0) is 4.74 Å². The van der Waals surface area contributed by atoms with Crippen molar-refractivity contribution in [1.82, 2.24) is 10.3 Å². The number of pyridine rings is 1. The molecule has 0 aliphatic rings. The average molecular weight is 223 g/mol. The van der Waals surface area contributed by atoms with Crippen LogP contribution in [0.3, 0.4) is 0 Å². The molecular weight excluding hydrogens is 206 g/mol. The molecule has 0 saturated heterocycles. The van der Waals surface area contributed by atoms with Crippen LogP contribution in [0, 0.1) is 0 Å². The first kappa shape index (κ1) is 12.4. The van der Waals surface area contributed by atoms with Crippen LogP contribution in [-0.4, -0.2) is 37.7 Å². The van der Waals surface area contributed by atoms with Crippen LogP contribution in [0.1, 0.15) is 17.4 Å². The highest BCUT2D eigenvalue weighted by Gasteiger charge is 2.05. The van der Waals surface area contributed by atoms with Crippen LogP contribution >= 0.6 is 0 Å². The van der Waals surface area contributed by atoms with Gasteiger partial charge in [0.15, 0.2) is 0 Å². The quantitative estimate of drug-likeness (QED) is 0.778. The van der Waals surface area contributed by atoms with E-state index in [1.54, 1.807) is 26.4 Å².